The quantitative estimate of drug-likeness (QED) is 0.528. The Morgan fingerprint density at radius 3 is 2.42 bits per heavy atom. The number of benzene rings is 2. The van der Waals surface area contributed by atoms with Crippen LogP contribution in [0.5, 0.6) is 0 Å². The van der Waals surface area contributed by atoms with Gasteiger partial charge in [-0.1, -0.05) is 47.8 Å². The first-order valence-corrected chi connectivity index (χ1v) is 10.6. The third kappa shape index (κ3) is 6.53. The van der Waals surface area contributed by atoms with Gasteiger partial charge in [0.15, 0.2) is 0 Å². The van der Waals surface area contributed by atoms with Crippen LogP contribution in [0.1, 0.15) is 35.5 Å². The van der Waals surface area contributed by atoms with Crippen molar-refractivity contribution in [2.75, 3.05) is 5.32 Å². The van der Waals surface area contributed by atoms with Crippen LogP contribution in [0.2, 0.25) is 0 Å². The van der Waals surface area contributed by atoms with Gasteiger partial charge in [0.05, 0.1) is 0 Å². The zero-order chi connectivity index (χ0) is 22.2. The van der Waals surface area contributed by atoms with Crippen molar-refractivity contribution in [1.29, 1.82) is 0 Å². The molecule has 3 rings (SSSR count). The molecule has 156 valence electrons. The zero-order valence-electron chi connectivity index (χ0n) is 17.2. The average molecular weight is 476 g/mol. The number of aromatic nitrogens is 1. The molecule has 0 fully saturated rings. The summed E-state index contributed by atoms with van der Waals surface area (Å²) in [5.41, 5.74) is 2.53. The molecule has 2 amide bonds. The summed E-state index contributed by atoms with van der Waals surface area (Å²) >= 11 is 3.35. The maximum Gasteiger partial charge on any atom is 0.251 e. The number of amides is 2. The molecule has 0 aliphatic heterocycles. The third-order valence-electron chi connectivity index (χ3n) is 4.47. The Balaban J connectivity index is 1.70. The minimum absolute atomic E-state index is 0.0912. The van der Waals surface area contributed by atoms with E-state index in [1.54, 1.807) is 42.6 Å². The van der Waals surface area contributed by atoms with Crippen LogP contribution in [0.15, 0.2) is 77.4 Å². The zero-order valence-corrected chi connectivity index (χ0v) is 18.8. The van der Waals surface area contributed by atoms with Crippen LogP contribution < -0.4 is 10.6 Å². The number of rotatable bonds is 5. The maximum atomic E-state index is 12.9. The molecule has 5 nitrogen and oxygen atoms in total. The van der Waals surface area contributed by atoms with Gasteiger partial charge in [0.2, 0.25) is 5.91 Å². The molecule has 0 aliphatic rings. The molecule has 0 radical (unpaired) electrons. The Bertz CT molecular complexity index is 1120. The van der Waals surface area contributed by atoms with E-state index in [2.05, 4.69) is 43.4 Å². The van der Waals surface area contributed by atoms with E-state index in [4.69, 9.17) is 0 Å². The predicted molar refractivity (Wildman–Crippen MR) is 126 cm³/mol. The molecule has 31 heavy (non-hydrogen) atoms. The van der Waals surface area contributed by atoms with Gasteiger partial charge in [-0.05, 0) is 66.4 Å². The number of hydrogen-bond donors (Lipinski definition) is 2. The molecule has 0 unspecified atom stereocenters. The number of carbonyl (C=O) groups is 2. The molecule has 3 aromatic rings. The van der Waals surface area contributed by atoms with Crippen LogP contribution in [-0.2, 0) is 4.79 Å². The smallest absolute Gasteiger partial charge is 0.251 e. The highest BCUT2D eigenvalue weighted by Crippen LogP contribution is 2.14. The van der Waals surface area contributed by atoms with Gasteiger partial charge in [0.25, 0.3) is 5.91 Å². The van der Waals surface area contributed by atoms with Crippen LogP contribution in [-0.4, -0.2) is 22.8 Å². The number of pyridine rings is 1. The lowest BCUT2D eigenvalue weighted by atomic mass is 10.0. The standard InChI is InChI=1S/C25H22BrN3O2/c1-17(2)23(29-24(30)19-10-12-20(26)13-11-19)25(31)28-22-8-5-6-18(16-22)9-14-21-7-3-4-15-27-21/h3-8,10-13,15-17,23H,1-2H3,(H,28,31)(H,29,30)/t23-/m1/s1. The van der Waals surface area contributed by atoms with Crippen LogP contribution in [0.4, 0.5) is 5.69 Å². The lowest BCUT2D eigenvalue weighted by Gasteiger charge is -2.22. The first-order valence-electron chi connectivity index (χ1n) is 9.83. The van der Waals surface area contributed by atoms with Crippen molar-refractivity contribution < 1.29 is 9.59 Å². The number of halogens is 1. The summed E-state index contributed by atoms with van der Waals surface area (Å²) in [5.74, 6) is 5.38. The van der Waals surface area contributed by atoms with Crippen molar-refractivity contribution in [1.82, 2.24) is 10.3 Å². The van der Waals surface area contributed by atoms with Crippen molar-refractivity contribution >= 4 is 33.4 Å². The summed E-state index contributed by atoms with van der Waals surface area (Å²) in [6, 6.07) is 19.1. The second-order valence-electron chi connectivity index (χ2n) is 7.24. The van der Waals surface area contributed by atoms with E-state index in [-0.39, 0.29) is 17.7 Å². The van der Waals surface area contributed by atoms with Gasteiger partial charge < -0.3 is 10.6 Å². The number of anilines is 1. The monoisotopic (exact) mass is 475 g/mol. The molecule has 0 bridgehead atoms. The Kier molecular flexibility index (Phi) is 7.58. The van der Waals surface area contributed by atoms with E-state index >= 15 is 0 Å². The number of carbonyl (C=O) groups excluding carboxylic acids is 2. The van der Waals surface area contributed by atoms with E-state index in [0.717, 1.165) is 10.0 Å². The highest BCUT2D eigenvalue weighted by Gasteiger charge is 2.24. The number of nitrogens with one attached hydrogen (secondary N) is 2. The van der Waals surface area contributed by atoms with Gasteiger partial charge in [0.1, 0.15) is 11.7 Å². The van der Waals surface area contributed by atoms with Crippen LogP contribution in [0.25, 0.3) is 0 Å². The van der Waals surface area contributed by atoms with Gasteiger partial charge in [-0.25, -0.2) is 4.98 Å². The Morgan fingerprint density at radius 1 is 0.968 bits per heavy atom. The van der Waals surface area contributed by atoms with Gasteiger partial charge in [-0.2, -0.15) is 0 Å². The summed E-state index contributed by atoms with van der Waals surface area (Å²) in [6.07, 6.45) is 1.69. The molecule has 1 heterocycles. The summed E-state index contributed by atoms with van der Waals surface area (Å²) < 4.78 is 0.883. The first-order chi connectivity index (χ1) is 14.9. The Morgan fingerprint density at radius 2 is 1.74 bits per heavy atom. The molecule has 0 spiro atoms. The third-order valence-corrected chi connectivity index (χ3v) is 5.00. The molecule has 1 aromatic heterocycles. The first kappa shape index (κ1) is 22.3. The second kappa shape index (κ2) is 10.6. The summed E-state index contributed by atoms with van der Waals surface area (Å²) in [7, 11) is 0. The van der Waals surface area contributed by atoms with Crippen LogP contribution in [0.3, 0.4) is 0 Å². The van der Waals surface area contributed by atoms with E-state index in [9.17, 15) is 9.59 Å². The van der Waals surface area contributed by atoms with Crippen molar-refractivity contribution in [3.63, 3.8) is 0 Å². The fourth-order valence-electron chi connectivity index (χ4n) is 2.83. The highest BCUT2D eigenvalue weighted by atomic mass is 79.9. The van der Waals surface area contributed by atoms with E-state index in [0.29, 0.717) is 16.9 Å². The molecule has 6 heteroatoms. The Labute approximate surface area is 190 Å². The molecule has 0 aliphatic carbocycles. The SMILES string of the molecule is CC(C)[C@@H](NC(=O)c1ccc(Br)cc1)C(=O)Nc1cccc(C#Cc2ccccn2)c1. The molecule has 2 aromatic carbocycles. The maximum absolute atomic E-state index is 12.9. The fraction of sp³-hybridized carbons (Fsp3) is 0.160. The van der Waals surface area contributed by atoms with Gasteiger partial charge in [0, 0.05) is 27.5 Å². The normalized spacial score (nSPS) is 11.2. The second-order valence-corrected chi connectivity index (χ2v) is 8.15. The molecule has 2 N–H and O–H groups in total. The summed E-state index contributed by atoms with van der Waals surface area (Å²) in [6.45, 7) is 3.78. The Hall–Kier alpha value is -3.43. The lowest BCUT2D eigenvalue weighted by molar-refractivity contribution is -0.118. The van der Waals surface area contributed by atoms with E-state index < -0.39 is 6.04 Å². The predicted octanol–water partition coefficient (Wildman–Crippen LogP) is 4.64. The fourth-order valence-corrected chi connectivity index (χ4v) is 3.09. The number of nitrogens with zero attached hydrogens (tertiary/aromatic N) is 1. The van der Waals surface area contributed by atoms with Crippen LogP contribution in [0, 0.1) is 17.8 Å². The molecular weight excluding hydrogens is 454 g/mol. The molecule has 0 saturated heterocycles. The van der Waals surface area contributed by atoms with E-state index in [1.165, 1.54) is 0 Å². The van der Waals surface area contributed by atoms with Crippen molar-refractivity contribution in [3.05, 3.63) is 94.2 Å². The summed E-state index contributed by atoms with van der Waals surface area (Å²) in [4.78, 5) is 29.6. The minimum Gasteiger partial charge on any atom is -0.340 e. The lowest BCUT2D eigenvalue weighted by Crippen LogP contribution is -2.47. The molecular formula is C25H22BrN3O2. The van der Waals surface area contributed by atoms with Crippen molar-refractivity contribution in [2.24, 2.45) is 5.92 Å². The largest absolute Gasteiger partial charge is 0.340 e. The minimum atomic E-state index is -0.681. The number of hydrogen-bond acceptors (Lipinski definition) is 3. The van der Waals surface area contributed by atoms with Crippen LogP contribution >= 0.6 is 15.9 Å². The van der Waals surface area contributed by atoms with Crippen molar-refractivity contribution in [2.45, 2.75) is 19.9 Å². The van der Waals surface area contributed by atoms with Gasteiger partial charge in [-0.15, -0.1) is 0 Å². The highest BCUT2D eigenvalue weighted by molar-refractivity contribution is 9.10. The van der Waals surface area contributed by atoms with Gasteiger partial charge >= 0.3 is 0 Å². The van der Waals surface area contributed by atoms with Crippen molar-refractivity contribution in [3.8, 4) is 11.8 Å². The molecule has 0 saturated carbocycles. The average Bonchev–Trinajstić information content (AvgIpc) is 2.77. The topological polar surface area (TPSA) is 71.1 Å². The van der Waals surface area contributed by atoms with E-state index in [1.807, 2.05) is 44.2 Å². The van der Waals surface area contributed by atoms with Gasteiger partial charge in [-0.3, -0.25) is 9.59 Å². The summed E-state index contributed by atoms with van der Waals surface area (Å²) in [5, 5.41) is 5.71. The molecule has 1 atom stereocenters.